The number of rotatable bonds is 5. The highest BCUT2D eigenvalue weighted by Crippen LogP contribution is 2.12. The number of hydrogen-bond acceptors (Lipinski definition) is 1. The molecule has 0 radical (unpaired) electrons. The highest BCUT2D eigenvalue weighted by atomic mass is 16.5. The van der Waals surface area contributed by atoms with Gasteiger partial charge in [0.15, 0.2) is 0 Å². The van der Waals surface area contributed by atoms with Gasteiger partial charge in [-0.05, 0) is 24.0 Å². The van der Waals surface area contributed by atoms with Crippen molar-refractivity contribution in [3.8, 4) is 0 Å². The van der Waals surface area contributed by atoms with Gasteiger partial charge in [0.1, 0.15) is 0 Å². The van der Waals surface area contributed by atoms with E-state index in [4.69, 9.17) is 4.74 Å². The maximum Gasteiger partial charge on any atom is 0.0517 e. The summed E-state index contributed by atoms with van der Waals surface area (Å²) in [7, 11) is 1.74. The van der Waals surface area contributed by atoms with Crippen molar-refractivity contribution in [1.82, 2.24) is 4.98 Å². The van der Waals surface area contributed by atoms with E-state index in [2.05, 4.69) is 24.9 Å². The Balaban J connectivity index is 2.55. The molecule has 0 spiro atoms. The molecule has 1 aromatic heterocycles. The number of methoxy groups -OCH3 is 1. The third-order valence-electron chi connectivity index (χ3n) is 2.11. The summed E-state index contributed by atoms with van der Waals surface area (Å²) in [5.74, 6) is 0.720. The van der Waals surface area contributed by atoms with Crippen molar-refractivity contribution in [1.29, 1.82) is 0 Å². The van der Waals surface area contributed by atoms with Crippen LogP contribution >= 0.6 is 0 Å². The molecule has 1 aromatic rings. The first-order chi connectivity index (χ1) is 6.24. The summed E-state index contributed by atoms with van der Waals surface area (Å²) in [6.45, 7) is 5.28. The van der Waals surface area contributed by atoms with Crippen LogP contribution in [0, 0.1) is 5.92 Å². The van der Waals surface area contributed by atoms with E-state index in [-0.39, 0.29) is 0 Å². The molecule has 2 heteroatoms. The van der Waals surface area contributed by atoms with Crippen LogP contribution < -0.4 is 0 Å². The van der Waals surface area contributed by atoms with Gasteiger partial charge in [0.25, 0.3) is 0 Å². The molecule has 0 saturated carbocycles. The highest BCUT2D eigenvalue weighted by molar-refractivity contribution is 5.21. The van der Waals surface area contributed by atoms with E-state index in [1.807, 2.05) is 6.20 Å². The molecule has 0 atom stereocenters. The molecule has 0 saturated heterocycles. The van der Waals surface area contributed by atoms with Crippen LogP contribution in [-0.2, 0) is 17.6 Å². The molecular weight excluding hydrogens is 162 g/mol. The van der Waals surface area contributed by atoms with Gasteiger partial charge in [-0.25, -0.2) is 0 Å². The molecule has 0 amide bonds. The fourth-order valence-electron chi connectivity index (χ4n) is 1.50. The Morgan fingerprint density at radius 3 is 2.85 bits per heavy atom. The Kier molecular flexibility index (Phi) is 4.03. The van der Waals surface area contributed by atoms with Gasteiger partial charge in [-0.15, -0.1) is 0 Å². The number of ether oxygens (including phenoxy) is 1. The average Bonchev–Trinajstić information content (AvgIpc) is 2.48. The number of nitrogens with one attached hydrogen (secondary N) is 1. The molecule has 1 rings (SSSR count). The van der Waals surface area contributed by atoms with Crippen molar-refractivity contribution in [2.24, 2.45) is 5.92 Å². The van der Waals surface area contributed by atoms with E-state index in [1.165, 1.54) is 11.3 Å². The summed E-state index contributed by atoms with van der Waals surface area (Å²) in [5, 5.41) is 0. The minimum atomic E-state index is 0.720. The fourth-order valence-corrected chi connectivity index (χ4v) is 1.50. The van der Waals surface area contributed by atoms with Crippen molar-refractivity contribution in [2.75, 3.05) is 13.7 Å². The van der Waals surface area contributed by atoms with E-state index >= 15 is 0 Å². The van der Waals surface area contributed by atoms with Crippen LogP contribution in [0.25, 0.3) is 0 Å². The van der Waals surface area contributed by atoms with E-state index in [1.54, 1.807) is 7.11 Å². The van der Waals surface area contributed by atoms with E-state index in [0.29, 0.717) is 0 Å². The van der Waals surface area contributed by atoms with Crippen LogP contribution in [0.4, 0.5) is 0 Å². The Morgan fingerprint density at radius 2 is 2.23 bits per heavy atom. The van der Waals surface area contributed by atoms with Crippen molar-refractivity contribution in [2.45, 2.75) is 26.7 Å². The molecule has 0 aromatic carbocycles. The van der Waals surface area contributed by atoms with Crippen molar-refractivity contribution in [3.05, 3.63) is 23.5 Å². The lowest BCUT2D eigenvalue weighted by molar-refractivity contribution is 0.201. The lowest BCUT2D eigenvalue weighted by atomic mass is 10.0. The molecule has 0 bridgehead atoms. The molecule has 1 N–H and O–H groups in total. The normalized spacial score (nSPS) is 11.1. The summed E-state index contributed by atoms with van der Waals surface area (Å²) in [5.41, 5.74) is 2.77. The topological polar surface area (TPSA) is 25.0 Å². The summed E-state index contributed by atoms with van der Waals surface area (Å²) in [6, 6.07) is 2.17. The second-order valence-corrected chi connectivity index (χ2v) is 3.82. The first kappa shape index (κ1) is 10.3. The molecule has 0 aliphatic heterocycles. The predicted octanol–water partition coefficient (Wildman–Crippen LogP) is 2.40. The lowest BCUT2D eigenvalue weighted by Gasteiger charge is -2.06. The van der Waals surface area contributed by atoms with Crippen LogP contribution in [0.3, 0.4) is 0 Å². The number of aromatic amines is 1. The second-order valence-electron chi connectivity index (χ2n) is 3.82. The molecule has 0 aliphatic rings. The van der Waals surface area contributed by atoms with E-state index in [0.717, 1.165) is 25.4 Å². The maximum atomic E-state index is 5.06. The quantitative estimate of drug-likeness (QED) is 0.741. The summed E-state index contributed by atoms with van der Waals surface area (Å²) >= 11 is 0. The number of hydrogen-bond donors (Lipinski definition) is 1. The smallest absolute Gasteiger partial charge is 0.0517 e. The fraction of sp³-hybridized carbons (Fsp3) is 0.636. The Bertz CT molecular complexity index is 240. The van der Waals surface area contributed by atoms with E-state index in [9.17, 15) is 0 Å². The molecule has 0 aliphatic carbocycles. The second kappa shape index (κ2) is 5.07. The van der Waals surface area contributed by atoms with Crippen molar-refractivity contribution in [3.63, 3.8) is 0 Å². The third kappa shape index (κ3) is 3.23. The SMILES string of the molecule is COCCc1[nH]ccc1CC(C)C. The molecule has 2 nitrogen and oxygen atoms in total. The van der Waals surface area contributed by atoms with Crippen LogP contribution in [-0.4, -0.2) is 18.7 Å². The Hall–Kier alpha value is -0.760. The Morgan fingerprint density at radius 1 is 1.46 bits per heavy atom. The van der Waals surface area contributed by atoms with Gasteiger partial charge in [-0.1, -0.05) is 13.8 Å². The monoisotopic (exact) mass is 181 g/mol. The summed E-state index contributed by atoms with van der Waals surface area (Å²) < 4.78 is 5.06. The summed E-state index contributed by atoms with van der Waals surface area (Å²) in [6.07, 6.45) is 4.16. The molecule has 1 heterocycles. The molecule has 74 valence electrons. The largest absolute Gasteiger partial charge is 0.384 e. The van der Waals surface area contributed by atoms with Crippen molar-refractivity contribution >= 4 is 0 Å². The number of H-pyrrole nitrogens is 1. The van der Waals surface area contributed by atoms with Gasteiger partial charge in [-0.2, -0.15) is 0 Å². The average molecular weight is 181 g/mol. The van der Waals surface area contributed by atoms with Gasteiger partial charge in [0.05, 0.1) is 6.61 Å². The zero-order valence-corrected chi connectivity index (χ0v) is 8.76. The first-order valence-corrected chi connectivity index (χ1v) is 4.88. The zero-order chi connectivity index (χ0) is 9.68. The van der Waals surface area contributed by atoms with Crippen LogP contribution in [0.1, 0.15) is 25.1 Å². The van der Waals surface area contributed by atoms with Crippen LogP contribution in [0.5, 0.6) is 0 Å². The van der Waals surface area contributed by atoms with Crippen LogP contribution in [0.2, 0.25) is 0 Å². The number of aromatic nitrogens is 1. The third-order valence-corrected chi connectivity index (χ3v) is 2.11. The Labute approximate surface area is 80.3 Å². The highest BCUT2D eigenvalue weighted by Gasteiger charge is 2.04. The first-order valence-electron chi connectivity index (χ1n) is 4.88. The molecule has 0 unspecified atom stereocenters. The van der Waals surface area contributed by atoms with Gasteiger partial charge >= 0.3 is 0 Å². The predicted molar refractivity (Wildman–Crippen MR) is 54.9 cm³/mol. The standard InChI is InChI=1S/C11H19NO/c1-9(2)8-10-4-6-12-11(10)5-7-13-3/h4,6,9,12H,5,7-8H2,1-3H3. The molecule has 0 fully saturated rings. The van der Waals surface area contributed by atoms with Gasteiger partial charge in [-0.3, -0.25) is 0 Å². The zero-order valence-electron chi connectivity index (χ0n) is 8.76. The minimum absolute atomic E-state index is 0.720. The van der Waals surface area contributed by atoms with Crippen molar-refractivity contribution < 1.29 is 4.74 Å². The van der Waals surface area contributed by atoms with Gasteiger partial charge in [0, 0.05) is 25.4 Å². The van der Waals surface area contributed by atoms with E-state index < -0.39 is 0 Å². The minimum Gasteiger partial charge on any atom is -0.384 e. The maximum absolute atomic E-state index is 5.06. The van der Waals surface area contributed by atoms with Crippen LogP contribution in [0.15, 0.2) is 12.3 Å². The lowest BCUT2D eigenvalue weighted by Crippen LogP contribution is -2.01. The molecule has 13 heavy (non-hydrogen) atoms. The van der Waals surface area contributed by atoms with Gasteiger partial charge in [0.2, 0.25) is 0 Å². The molecular formula is C11H19NO. The summed E-state index contributed by atoms with van der Waals surface area (Å²) in [4.78, 5) is 3.27. The van der Waals surface area contributed by atoms with Gasteiger partial charge < -0.3 is 9.72 Å².